The van der Waals surface area contributed by atoms with Crippen molar-refractivity contribution in [2.24, 2.45) is 5.92 Å². The lowest BCUT2D eigenvalue weighted by Gasteiger charge is -2.32. The molecule has 12 heteroatoms. The molecule has 7 nitrogen and oxygen atoms in total. The van der Waals surface area contributed by atoms with E-state index in [1.807, 2.05) is 30.5 Å². The molecule has 1 heterocycles. The number of halogens is 4. The van der Waals surface area contributed by atoms with Gasteiger partial charge < -0.3 is 20.1 Å². The third-order valence-corrected chi connectivity index (χ3v) is 7.82. The van der Waals surface area contributed by atoms with Crippen LogP contribution in [-0.4, -0.2) is 38.1 Å². The summed E-state index contributed by atoms with van der Waals surface area (Å²) in [6.45, 7) is 4.54. The number of alkyl halides is 3. The van der Waals surface area contributed by atoms with Crippen LogP contribution in [0.4, 0.5) is 18.9 Å². The molecule has 1 amide bonds. The summed E-state index contributed by atoms with van der Waals surface area (Å²) in [4.78, 5) is 19.3. The summed E-state index contributed by atoms with van der Waals surface area (Å²) in [6.07, 6.45) is -0.647. The van der Waals surface area contributed by atoms with Crippen molar-refractivity contribution < 1.29 is 18.0 Å². The lowest BCUT2D eigenvalue weighted by atomic mass is 10.0. The van der Waals surface area contributed by atoms with Gasteiger partial charge in [-0.3, -0.25) is 4.79 Å². The maximum atomic E-state index is 13.9. The minimum Gasteiger partial charge on any atom is -0.351 e. The van der Waals surface area contributed by atoms with Gasteiger partial charge >= 0.3 is 6.18 Å². The van der Waals surface area contributed by atoms with E-state index in [0.29, 0.717) is 34.9 Å². The topological polar surface area (TPSA) is 86.0 Å². The zero-order valence-electron chi connectivity index (χ0n) is 25.4. The molecule has 0 fully saturated rings. The molecule has 4 rings (SSSR count). The van der Waals surface area contributed by atoms with E-state index in [4.69, 9.17) is 29.1 Å². The first-order chi connectivity index (χ1) is 21.9. The molecule has 240 valence electrons. The molecule has 0 aliphatic carbocycles. The number of carbonyl (C=O) groups is 1. The average molecular weight is 667 g/mol. The van der Waals surface area contributed by atoms with Crippen LogP contribution in [0.2, 0.25) is 5.02 Å². The van der Waals surface area contributed by atoms with Gasteiger partial charge in [0.05, 0.1) is 29.9 Å². The Morgan fingerprint density at radius 1 is 1.09 bits per heavy atom. The van der Waals surface area contributed by atoms with Crippen molar-refractivity contribution in [1.29, 1.82) is 5.26 Å². The van der Waals surface area contributed by atoms with Crippen LogP contribution < -0.4 is 10.6 Å². The van der Waals surface area contributed by atoms with Crippen molar-refractivity contribution in [2.45, 2.75) is 52.0 Å². The van der Waals surface area contributed by atoms with Gasteiger partial charge in [0, 0.05) is 48.3 Å². The molecule has 0 unspecified atom stereocenters. The molecule has 46 heavy (non-hydrogen) atoms. The predicted molar refractivity (Wildman–Crippen MR) is 177 cm³/mol. The van der Waals surface area contributed by atoms with Gasteiger partial charge in [-0.2, -0.15) is 18.4 Å². The van der Waals surface area contributed by atoms with E-state index >= 15 is 0 Å². The summed E-state index contributed by atoms with van der Waals surface area (Å²) in [7, 11) is 0. The number of anilines is 1. The molecule has 0 aliphatic heterocycles. The minimum atomic E-state index is -4.54. The van der Waals surface area contributed by atoms with Crippen LogP contribution in [-0.2, 0) is 30.5 Å². The number of thiocarbonyl (C=S) groups is 1. The molecule has 2 N–H and O–H groups in total. The highest BCUT2D eigenvalue weighted by Crippen LogP contribution is 2.32. The largest absolute Gasteiger partial charge is 0.416 e. The first-order valence-corrected chi connectivity index (χ1v) is 15.4. The maximum absolute atomic E-state index is 13.9. The number of imidazole rings is 1. The van der Waals surface area contributed by atoms with Gasteiger partial charge in [-0.25, -0.2) is 4.98 Å². The van der Waals surface area contributed by atoms with E-state index in [1.54, 1.807) is 59.9 Å². The van der Waals surface area contributed by atoms with Crippen LogP contribution in [0.5, 0.6) is 0 Å². The van der Waals surface area contributed by atoms with E-state index in [1.165, 1.54) is 12.1 Å². The molecule has 0 bridgehead atoms. The summed E-state index contributed by atoms with van der Waals surface area (Å²) >= 11 is 11.7. The Bertz CT molecular complexity index is 1670. The lowest BCUT2D eigenvalue weighted by molar-refractivity contribution is -0.138. The van der Waals surface area contributed by atoms with Crippen LogP contribution in [0.15, 0.2) is 85.3 Å². The Hall–Kier alpha value is -4.40. The van der Waals surface area contributed by atoms with Crippen molar-refractivity contribution in [3.05, 3.63) is 118 Å². The summed E-state index contributed by atoms with van der Waals surface area (Å²) < 4.78 is 43.6. The van der Waals surface area contributed by atoms with Crippen LogP contribution in [0.1, 0.15) is 48.2 Å². The number of aromatic nitrogens is 2. The van der Waals surface area contributed by atoms with E-state index in [2.05, 4.69) is 21.7 Å². The molecule has 0 aliphatic rings. The lowest BCUT2D eigenvalue weighted by Crippen LogP contribution is -2.47. The van der Waals surface area contributed by atoms with Crippen molar-refractivity contribution >= 4 is 40.5 Å². The molecule has 0 spiro atoms. The normalized spacial score (nSPS) is 12.0. The van der Waals surface area contributed by atoms with Crippen molar-refractivity contribution in [1.82, 2.24) is 19.8 Å². The zero-order valence-corrected chi connectivity index (χ0v) is 27.0. The van der Waals surface area contributed by atoms with E-state index in [-0.39, 0.29) is 42.0 Å². The van der Waals surface area contributed by atoms with E-state index in [0.717, 1.165) is 11.6 Å². The van der Waals surface area contributed by atoms with Crippen LogP contribution >= 0.6 is 23.8 Å². The fraction of sp³-hybridized carbons (Fsp3) is 0.294. The van der Waals surface area contributed by atoms with Gasteiger partial charge in [0.2, 0.25) is 5.91 Å². The van der Waals surface area contributed by atoms with E-state index in [9.17, 15) is 18.0 Å². The Morgan fingerprint density at radius 2 is 1.78 bits per heavy atom. The van der Waals surface area contributed by atoms with Gasteiger partial charge in [0.1, 0.15) is 0 Å². The summed E-state index contributed by atoms with van der Waals surface area (Å²) in [5.41, 5.74) is 2.16. The fourth-order valence-corrected chi connectivity index (χ4v) is 5.45. The van der Waals surface area contributed by atoms with Gasteiger partial charge in [0.15, 0.2) is 5.11 Å². The first kappa shape index (κ1) is 34.5. The predicted octanol–water partition coefficient (Wildman–Crippen LogP) is 7.45. The van der Waals surface area contributed by atoms with Gasteiger partial charge in [0.25, 0.3) is 0 Å². The molecule has 0 saturated carbocycles. The highest BCUT2D eigenvalue weighted by atomic mass is 35.5. The molecule has 0 radical (unpaired) electrons. The fourth-order valence-electron chi connectivity index (χ4n) is 5.07. The molecular weight excluding hydrogens is 633 g/mol. The summed E-state index contributed by atoms with van der Waals surface area (Å²) in [6, 6.07) is 21.1. The SMILES string of the molecule is CC(C)C[C@@H](CN(Cc1ccccc1C(F)(F)F)C(=S)Nc1ccc(Cl)cc1)NC(=O)Cc1cncn1Cc1ccc(C#N)cc1. The smallest absolute Gasteiger partial charge is 0.351 e. The second-order valence-corrected chi connectivity index (χ2v) is 12.2. The second kappa shape index (κ2) is 15.7. The number of hydrogen-bond acceptors (Lipinski definition) is 4. The van der Waals surface area contributed by atoms with Gasteiger partial charge in [-0.15, -0.1) is 0 Å². The monoisotopic (exact) mass is 666 g/mol. The number of nitriles is 1. The Labute approximate surface area is 277 Å². The Morgan fingerprint density at radius 3 is 2.43 bits per heavy atom. The van der Waals surface area contributed by atoms with Crippen LogP contribution in [0, 0.1) is 17.2 Å². The first-order valence-electron chi connectivity index (χ1n) is 14.6. The number of carbonyl (C=O) groups excluding carboxylic acids is 1. The highest BCUT2D eigenvalue weighted by molar-refractivity contribution is 7.80. The van der Waals surface area contributed by atoms with Crippen LogP contribution in [0.25, 0.3) is 0 Å². The number of hydrogen-bond donors (Lipinski definition) is 2. The standard InChI is InChI=1S/C34H34ClF3N6OS/c1-23(2)15-29(41-32(45)16-30-18-40-22-44(30)19-25-9-7-24(17-39)8-10-25)21-43(33(46)42-28-13-11-27(35)12-14-28)20-26-5-3-4-6-31(26)34(36,37)38/h3-14,18,22-23,29H,15-16,19-21H2,1-2H3,(H,41,45)(H,42,46)/t29-/m0/s1. The number of nitrogens with one attached hydrogen (secondary N) is 2. The summed E-state index contributed by atoms with van der Waals surface area (Å²) in [5, 5.41) is 16.0. The van der Waals surface area contributed by atoms with Crippen LogP contribution in [0.3, 0.4) is 0 Å². The zero-order chi connectivity index (χ0) is 33.3. The molecular formula is C34H34ClF3N6OS. The third kappa shape index (κ3) is 10.1. The second-order valence-electron chi connectivity index (χ2n) is 11.4. The summed E-state index contributed by atoms with van der Waals surface area (Å²) in [5.74, 6) is -0.0752. The third-order valence-electron chi connectivity index (χ3n) is 7.20. The molecule has 1 atom stereocenters. The Kier molecular flexibility index (Phi) is 11.8. The number of nitrogens with zero attached hydrogens (tertiary/aromatic N) is 4. The average Bonchev–Trinajstić information content (AvgIpc) is 3.43. The number of amides is 1. The van der Waals surface area contributed by atoms with E-state index < -0.39 is 17.8 Å². The Balaban J connectivity index is 1.53. The van der Waals surface area contributed by atoms with Crippen molar-refractivity contribution in [3.8, 4) is 6.07 Å². The number of benzene rings is 3. The van der Waals surface area contributed by atoms with Gasteiger partial charge in [-0.1, -0.05) is 55.8 Å². The van der Waals surface area contributed by atoms with Gasteiger partial charge in [-0.05, 0) is 78.1 Å². The molecule has 0 saturated heterocycles. The number of rotatable bonds is 12. The highest BCUT2D eigenvalue weighted by Gasteiger charge is 2.34. The molecule has 4 aromatic rings. The molecule has 3 aromatic carbocycles. The quantitative estimate of drug-likeness (QED) is 0.153. The van der Waals surface area contributed by atoms with Crippen molar-refractivity contribution in [2.75, 3.05) is 11.9 Å². The van der Waals surface area contributed by atoms with Crippen molar-refractivity contribution in [3.63, 3.8) is 0 Å². The maximum Gasteiger partial charge on any atom is 0.416 e. The molecule has 1 aromatic heterocycles. The minimum absolute atomic E-state index is 0.0508.